The fraction of sp³-hybridized carbons (Fsp3) is 0.333. The van der Waals surface area contributed by atoms with Crippen molar-refractivity contribution >= 4 is 11.9 Å². The van der Waals surface area contributed by atoms with Gasteiger partial charge >= 0.3 is 5.97 Å². The molecule has 1 rings (SSSR count). The van der Waals surface area contributed by atoms with E-state index in [4.69, 9.17) is 0 Å². The van der Waals surface area contributed by atoms with Crippen LogP contribution in [0.1, 0.15) is 6.92 Å². The molecular weight excluding hydrogens is 134 g/mol. The highest BCUT2D eigenvalue weighted by atomic mass is 16.5. The van der Waals surface area contributed by atoms with E-state index < -0.39 is 5.97 Å². The molecule has 0 spiro atoms. The lowest BCUT2D eigenvalue weighted by atomic mass is 10.4. The molecule has 0 aromatic rings. The van der Waals surface area contributed by atoms with Crippen molar-refractivity contribution in [3.05, 3.63) is 11.8 Å². The number of carbonyl (C=O) groups is 2. The van der Waals surface area contributed by atoms with Gasteiger partial charge in [0.15, 0.2) is 0 Å². The number of amides is 1. The Bertz CT molecular complexity index is 207. The second-order valence-electron chi connectivity index (χ2n) is 1.90. The maximum atomic E-state index is 10.6. The Kier molecular flexibility index (Phi) is 1.71. The highest BCUT2D eigenvalue weighted by Crippen LogP contribution is 2.01. The first-order valence-corrected chi connectivity index (χ1v) is 2.85. The van der Waals surface area contributed by atoms with Gasteiger partial charge in [-0.05, 0) is 6.08 Å². The smallest absolute Gasteiger partial charge is 0.354 e. The van der Waals surface area contributed by atoms with E-state index in [9.17, 15) is 9.59 Å². The first kappa shape index (κ1) is 6.80. The van der Waals surface area contributed by atoms with Crippen molar-refractivity contribution in [2.75, 3.05) is 6.61 Å². The van der Waals surface area contributed by atoms with Gasteiger partial charge < -0.3 is 10.1 Å². The molecule has 1 aliphatic heterocycles. The Morgan fingerprint density at radius 1 is 1.80 bits per heavy atom. The van der Waals surface area contributed by atoms with Gasteiger partial charge in [0, 0.05) is 6.92 Å². The summed E-state index contributed by atoms with van der Waals surface area (Å²) in [6.07, 6.45) is 1.53. The van der Waals surface area contributed by atoms with Gasteiger partial charge in [0.1, 0.15) is 12.3 Å². The van der Waals surface area contributed by atoms with Crippen LogP contribution in [0.4, 0.5) is 0 Å². The monoisotopic (exact) mass is 141 g/mol. The van der Waals surface area contributed by atoms with Crippen molar-refractivity contribution in [3.63, 3.8) is 0 Å². The van der Waals surface area contributed by atoms with Crippen molar-refractivity contribution in [3.8, 4) is 0 Å². The van der Waals surface area contributed by atoms with Crippen molar-refractivity contribution < 1.29 is 14.3 Å². The Balaban J connectivity index is 2.56. The first-order chi connectivity index (χ1) is 4.70. The van der Waals surface area contributed by atoms with Crippen LogP contribution >= 0.6 is 0 Å². The van der Waals surface area contributed by atoms with Gasteiger partial charge in [-0.2, -0.15) is 0 Å². The van der Waals surface area contributed by atoms with Gasteiger partial charge in [-0.15, -0.1) is 0 Å². The molecule has 0 aliphatic carbocycles. The standard InChI is InChI=1S/C6H7NO3/c1-4(8)7-5-2-3-10-6(5)9/h2H,3H2,1H3,(H,7,8). The molecule has 0 saturated heterocycles. The summed E-state index contributed by atoms with van der Waals surface area (Å²) in [5.41, 5.74) is 0.243. The van der Waals surface area contributed by atoms with E-state index in [2.05, 4.69) is 10.1 Å². The van der Waals surface area contributed by atoms with Gasteiger partial charge in [0.2, 0.25) is 5.91 Å². The second kappa shape index (κ2) is 2.51. The number of carbonyl (C=O) groups excluding carboxylic acids is 2. The number of esters is 1. The van der Waals surface area contributed by atoms with Gasteiger partial charge in [0.25, 0.3) is 0 Å². The maximum absolute atomic E-state index is 10.6. The Hall–Kier alpha value is -1.32. The zero-order valence-corrected chi connectivity index (χ0v) is 5.51. The largest absolute Gasteiger partial charge is 0.457 e. The molecule has 0 aromatic carbocycles. The SMILES string of the molecule is CC(=O)NC1=CCOC1=O. The number of rotatable bonds is 1. The van der Waals surface area contributed by atoms with Gasteiger partial charge in [-0.1, -0.05) is 0 Å². The number of ether oxygens (including phenoxy) is 1. The van der Waals surface area contributed by atoms with Crippen LogP contribution in [0.2, 0.25) is 0 Å². The molecule has 0 fully saturated rings. The molecule has 0 radical (unpaired) electrons. The molecule has 0 atom stereocenters. The van der Waals surface area contributed by atoms with Crippen molar-refractivity contribution in [1.82, 2.24) is 5.32 Å². The minimum atomic E-state index is -0.463. The van der Waals surface area contributed by atoms with E-state index in [-0.39, 0.29) is 18.2 Å². The highest BCUT2D eigenvalue weighted by Gasteiger charge is 2.16. The van der Waals surface area contributed by atoms with Gasteiger partial charge in [0.05, 0.1) is 0 Å². The van der Waals surface area contributed by atoms with Crippen molar-refractivity contribution in [1.29, 1.82) is 0 Å². The summed E-state index contributed by atoms with van der Waals surface area (Å²) in [6, 6.07) is 0. The van der Waals surface area contributed by atoms with Crippen LogP contribution in [0.5, 0.6) is 0 Å². The van der Waals surface area contributed by atoms with Gasteiger partial charge in [-0.25, -0.2) is 4.79 Å². The number of nitrogens with one attached hydrogen (secondary N) is 1. The minimum Gasteiger partial charge on any atom is -0.457 e. The summed E-state index contributed by atoms with van der Waals surface area (Å²) in [6.45, 7) is 1.60. The molecule has 10 heavy (non-hydrogen) atoms. The fourth-order valence-corrected chi connectivity index (χ4v) is 0.653. The molecule has 4 heteroatoms. The normalized spacial score (nSPS) is 16.1. The van der Waals surface area contributed by atoms with Crippen LogP contribution in [0.25, 0.3) is 0 Å². The average molecular weight is 141 g/mol. The number of hydrogen-bond donors (Lipinski definition) is 1. The van der Waals surface area contributed by atoms with E-state index >= 15 is 0 Å². The molecule has 0 aromatic heterocycles. The third kappa shape index (κ3) is 1.34. The summed E-state index contributed by atoms with van der Waals surface area (Å²) < 4.78 is 4.52. The summed E-state index contributed by atoms with van der Waals surface area (Å²) in [5, 5.41) is 2.34. The summed E-state index contributed by atoms with van der Waals surface area (Å²) >= 11 is 0. The molecule has 1 amide bonds. The average Bonchev–Trinajstić information content (AvgIpc) is 2.15. The summed E-state index contributed by atoms with van der Waals surface area (Å²) in [7, 11) is 0. The van der Waals surface area contributed by atoms with E-state index in [0.29, 0.717) is 0 Å². The van der Waals surface area contributed by atoms with Gasteiger partial charge in [-0.3, -0.25) is 4.79 Å². The van der Waals surface area contributed by atoms with Crippen LogP contribution in [-0.2, 0) is 14.3 Å². The summed E-state index contributed by atoms with van der Waals surface area (Å²) in [5.74, 6) is -0.722. The molecule has 1 N–H and O–H groups in total. The van der Waals surface area contributed by atoms with Crippen LogP contribution in [0, 0.1) is 0 Å². The maximum Gasteiger partial charge on any atom is 0.354 e. The van der Waals surface area contributed by atoms with Crippen LogP contribution in [-0.4, -0.2) is 18.5 Å². The highest BCUT2D eigenvalue weighted by molar-refractivity contribution is 5.94. The fourth-order valence-electron chi connectivity index (χ4n) is 0.653. The van der Waals surface area contributed by atoms with E-state index in [1.807, 2.05) is 0 Å². The lowest BCUT2D eigenvalue weighted by Crippen LogP contribution is -2.22. The predicted octanol–water partition coefficient (Wildman–Crippen LogP) is -0.437. The third-order valence-corrected chi connectivity index (χ3v) is 1.03. The summed E-state index contributed by atoms with van der Waals surface area (Å²) in [4.78, 5) is 21.0. The van der Waals surface area contributed by atoms with Crippen LogP contribution in [0.15, 0.2) is 11.8 Å². The molecule has 4 nitrogen and oxygen atoms in total. The number of cyclic esters (lactones) is 1. The second-order valence-corrected chi connectivity index (χ2v) is 1.90. The van der Waals surface area contributed by atoms with Crippen molar-refractivity contribution in [2.45, 2.75) is 6.92 Å². The predicted molar refractivity (Wildman–Crippen MR) is 32.9 cm³/mol. The molecule has 0 unspecified atom stereocenters. The Labute approximate surface area is 57.9 Å². The lowest BCUT2D eigenvalue weighted by Gasteiger charge is -1.97. The lowest BCUT2D eigenvalue weighted by molar-refractivity contribution is -0.137. The molecule has 1 aliphatic rings. The molecule has 1 heterocycles. The Morgan fingerprint density at radius 3 is 2.90 bits per heavy atom. The van der Waals surface area contributed by atoms with E-state index in [0.717, 1.165) is 0 Å². The quantitative estimate of drug-likeness (QED) is 0.504. The number of hydrogen-bond acceptors (Lipinski definition) is 3. The zero-order chi connectivity index (χ0) is 7.56. The molecule has 0 saturated carbocycles. The molecular formula is C6H7NO3. The third-order valence-electron chi connectivity index (χ3n) is 1.03. The van der Waals surface area contributed by atoms with Crippen LogP contribution in [0.3, 0.4) is 0 Å². The topological polar surface area (TPSA) is 55.4 Å². The van der Waals surface area contributed by atoms with Crippen molar-refractivity contribution in [2.24, 2.45) is 0 Å². The first-order valence-electron chi connectivity index (χ1n) is 2.85. The Morgan fingerprint density at radius 2 is 2.50 bits per heavy atom. The minimum absolute atomic E-state index is 0.243. The molecule has 0 bridgehead atoms. The van der Waals surface area contributed by atoms with E-state index in [1.165, 1.54) is 13.0 Å². The van der Waals surface area contributed by atoms with Crippen LogP contribution < -0.4 is 5.32 Å². The van der Waals surface area contributed by atoms with E-state index in [1.54, 1.807) is 0 Å². The molecule has 54 valence electrons. The zero-order valence-electron chi connectivity index (χ0n) is 5.51.